The molecule has 0 radical (unpaired) electrons. The summed E-state index contributed by atoms with van der Waals surface area (Å²) >= 11 is 0. The SMILES string of the molecule is CCC1(c2cccc(NS(C)(=O)=O)c2)C2CN(C)CC21. The molecule has 1 aromatic carbocycles. The Bertz CT molecular complexity index is 615. The Morgan fingerprint density at radius 1 is 1.35 bits per heavy atom. The molecule has 0 amide bonds. The summed E-state index contributed by atoms with van der Waals surface area (Å²) in [6.07, 6.45) is 2.31. The van der Waals surface area contributed by atoms with Crippen LogP contribution in [0.25, 0.3) is 0 Å². The third-order valence-corrected chi connectivity index (χ3v) is 5.61. The first kappa shape index (κ1) is 13.9. The molecule has 1 aliphatic heterocycles. The van der Waals surface area contributed by atoms with Crippen molar-refractivity contribution in [3.05, 3.63) is 29.8 Å². The van der Waals surface area contributed by atoms with E-state index in [-0.39, 0.29) is 5.41 Å². The fourth-order valence-electron chi connectivity index (χ4n) is 4.17. The second-order valence-corrected chi connectivity index (χ2v) is 8.03. The van der Waals surface area contributed by atoms with E-state index >= 15 is 0 Å². The van der Waals surface area contributed by atoms with E-state index in [9.17, 15) is 8.42 Å². The number of piperidine rings is 1. The van der Waals surface area contributed by atoms with Crippen molar-refractivity contribution < 1.29 is 8.42 Å². The Balaban J connectivity index is 1.90. The second-order valence-electron chi connectivity index (χ2n) is 6.28. The minimum Gasteiger partial charge on any atom is -0.306 e. The van der Waals surface area contributed by atoms with Crippen LogP contribution in [0, 0.1) is 11.8 Å². The Morgan fingerprint density at radius 2 is 2.00 bits per heavy atom. The molecule has 2 atom stereocenters. The van der Waals surface area contributed by atoms with Crippen LogP contribution in [0.15, 0.2) is 24.3 Å². The van der Waals surface area contributed by atoms with Gasteiger partial charge in [-0.25, -0.2) is 8.42 Å². The van der Waals surface area contributed by atoms with E-state index in [4.69, 9.17) is 0 Å². The van der Waals surface area contributed by atoms with Crippen LogP contribution in [0.4, 0.5) is 5.69 Å². The first-order valence-corrected chi connectivity index (χ1v) is 9.03. The van der Waals surface area contributed by atoms with Crippen molar-refractivity contribution >= 4 is 15.7 Å². The molecule has 1 aliphatic carbocycles. The number of rotatable bonds is 4. The predicted octanol–water partition coefficient (Wildman–Crippen LogP) is 1.90. The number of anilines is 1. The minimum absolute atomic E-state index is 0.266. The molecule has 1 saturated carbocycles. The Kier molecular flexibility index (Phi) is 3.10. The molecule has 20 heavy (non-hydrogen) atoms. The van der Waals surface area contributed by atoms with Crippen LogP contribution in [0.2, 0.25) is 0 Å². The van der Waals surface area contributed by atoms with Gasteiger partial charge >= 0.3 is 0 Å². The third-order valence-electron chi connectivity index (χ3n) is 5.00. The molecule has 2 unspecified atom stereocenters. The van der Waals surface area contributed by atoms with Gasteiger partial charge < -0.3 is 4.90 Å². The van der Waals surface area contributed by atoms with Crippen LogP contribution in [0.1, 0.15) is 18.9 Å². The second kappa shape index (κ2) is 4.46. The number of benzene rings is 1. The van der Waals surface area contributed by atoms with Gasteiger partial charge in [0.05, 0.1) is 6.26 Å². The molecule has 0 bridgehead atoms. The normalized spacial score (nSPS) is 33.0. The van der Waals surface area contributed by atoms with Gasteiger partial charge in [0.15, 0.2) is 0 Å². The highest BCUT2D eigenvalue weighted by Gasteiger charge is 2.66. The van der Waals surface area contributed by atoms with Gasteiger partial charge in [0, 0.05) is 24.2 Å². The van der Waals surface area contributed by atoms with Crippen molar-refractivity contribution in [1.29, 1.82) is 0 Å². The van der Waals surface area contributed by atoms with Crippen molar-refractivity contribution in [1.82, 2.24) is 4.90 Å². The molecule has 3 rings (SSSR count). The first-order chi connectivity index (χ1) is 9.37. The highest BCUT2D eigenvalue weighted by Crippen LogP contribution is 2.65. The molecule has 0 spiro atoms. The number of likely N-dealkylation sites (tertiary alicyclic amines) is 1. The summed E-state index contributed by atoms with van der Waals surface area (Å²) in [6, 6.07) is 7.94. The minimum atomic E-state index is -3.21. The van der Waals surface area contributed by atoms with Gasteiger partial charge in [0.2, 0.25) is 10.0 Å². The Hall–Kier alpha value is -1.07. The fraction of sp³-hybridized carbons (Fsp3) is 0.600. The summed E-state index contributed by atoms with van der Waals surface area (Å²) in [7, 11) is -1.04. The van der Waals surface area contributed by atoms with Crippen LogP contribution < -0.4 is 4.72 Å². The third kappa shape index (κ3) is 2.13. The predicted molar refractivity (Wildman–Crippen MR) is 81.4 cm³/mol. The summed E-state index contributed by atoms with van der Waals surface area (Å²) in [6.45, 7) is 4.56. The maximum Gasteiger partial charge on any atom is 0.229 e. The molecule has 1 aromatic rings. The fourth-order valence-corrected chi connectivity index (χ4v) is 4.73. The average molecular weight is 294 g/mol. The quantitative estimate of drug-likeness (QED) is 0.922. The lowest BCUT2D eigenvalue weighted by Gasteiger charge is -2.24. The molecular formula is C15H22N2O2S. The summed E-state index contributed by atoms with van der Waals surface area (Å²) in [5.74, 6) is 1.46. The number of fused-ring (bicyclic) bond motifs is 1. The van der Waals surface area contributed by atoms with E-state index in [1.165, 1.54) is 11.8 Å². The van der Waals surface area contributed by atoms with Crippen LogP contribution in [-0.2, 0) is 15.4 Å². The van der Waals surface area contributed by atoms with Crippen LogP contribution in [0.5, 0.6) is 0 Å². The Morgan fingerprint density at radius 3 is 2.55 bits per heavy atom. The molecular weight excluding hydrogens is 272 g/mol. The van der Waals surface area contributed by atoms with E-state index in [0.717, 1.165) is 31.3 Å². The zero-order valence-corrected chi connectivity index (χ0v) is 13.1. The summed E-state index contributed by atoms with van der Waals surface area (Å²) < 4.78 is 25.3. The summed E-state index contributed by atoms with van der Waals surface area (Å²) in [5.41, 5.74) is 2.23. The number of nitrogens with one attached hydrogen (secondary N) is 1. The lowest BCUT2D eigenvalue weighted by Crippen LogP contribution is -2.27. The van der Waals surface area contributed by atoms with Gasteiger partial charge in [-0.15, -0.1) is 0 Å². The zero-order valence-electron chi connectivity index (χ0n) is 12.3. The van der Waals surface area contributed by atoms with Crippen molar-refractivity contribution in [3.63, 3.8) is 0 Å². The molecule has 1 saturated heterocycles. The molecule has 1 heterocycles. The van der Waals surface area contributed by atoms with E-state index in [1.54, 1.807) is 0 Å². The van der Waals surface area contributed by atoms with Crippen LogP contribution >= 0.6 is 0 Å². The molecule has 1 N–H and O–H groups in total. The van der Waals surface area contributed by atoms with Gasteiger partial charge in [0.25, 0.3) is 0 Å². The standard InChI is InChI=1S/C15H22N2O2S/c1-4-15(13-9-17(2)10-14(13)15)11-6-5-7-12(8-11)16-20(3,18)19/h5-8,13-14,16H,4,9-10H2,1-3H3. The number of hydrogen-bond donors (Lipinski definition) is 1. The van der Waals surface area contributed by atoms with Gasteiger partial charge in [-0.1, -0.05) is 19.1 Å². The highest BCUT2D eigenvalue weighted by atomic mass is 32.2. The summed E-state index contributed by atoms with van der Waals surface area (Å²) in [4.78, 5) is 2.39. The number of sulfonamides is 1. The van der Waals surface area contributed by atoms with Gasteiger partial charge in [-0.3, -0.25) is 4.72 Å². The molecule has 0 aromatic heterocycles. The van der Waals surface area contributed by atoms with Crippen molar-refractivity contribution in [2.75, 3.05) is 31.1 Å². The van der Waals surface area contributed by atoms with Crippen molar-refractivity contribution in [2.24, 2.45) is 11.8 Å². The smallest absolute Gasteiger partial charge is 0.229 e. The number of nitrogens with zero attached hydrogens (tertiary/aromatic N) is 1. The Labute approximate surface area is 121 Å². The molecule has 4 nitrogen and oxygen atoms in total. The van der Waals surface area contributed by atoms with Crippen LogP contribution in [0.3, 0.4) is 0 Å². The number of hydrogen-bond acceptors (Lipinski definition) is 3. The average Bonchev–Trinajstić information content (AvgIpc) is 2.74. The molecule has 110 valence electrons. The molecule has 5 heteroatoms. The van der Waals surface area contributed by atoms with E-state index in [2.05, 4.69) is 29.7 Å². The largest absolute Gasteiger partial charge is 0.306 e. The van der Waals surface area contributed by atoms with Gasteiger partial charge in [0.1, 0.15) is 0 Å². The summed E-state index contributed by atoms with van der Waals surface area (Å²) in [5, 5.41) is 0. The highest BCUT2D eigenvalue weighted by molar-refractivity contribution is 7.92. The van der Waals surface area contributed by atoms with Crippen molar-refractivity contribution in [3.8, 4) is 0 Å². The monoisotopic (exact) mass is 294 g/mol. The molecule has 2 aliphatic rings. The van der Waals surface area contributed by atoms with E-state index in [1.807, 2.05) is 18.2 Å². The van der Waals surface area contributed by atoms with Gasteiger partial charge in [-0.05, 0) is 43.0 Å². The lowest BCUT2D eigenvalue weighted by molar-refractivity contribution is 0.320. The lowest BCUT2D eigenvalue weighted by atomic mass is 9.87. The van der Waals surface area contributed by atoms with E-state index < -0.39 is 10.0 Å². The van der Waals surface area contributed by atoms with E-state index in [0.29, 0.717) is 5.69 Å². The van der Waals surface area contributed by atoms with Crippen molar-refractivity contribution in [2.45, 2.75) is 18.8 Å². The molecule has 2 fully saturated rings. The topological polar surface area (TPSA) is 49.4 Å². The first-order valence-electron chi connectivity index (χ1n) is 7.13. The maximum atomic E-state index is 11.4. The van der Waals surface area contributed by atoms with Crippen LogP contribution in [-0.4, -0.2) is 39.7 Å². The van der Waals surface area contributed by atoms with Gasteiger partial charge in [-0.2, -0.15) is 0 Å². The maximum absolute atomic E-state index is 11.4. The zero-order chi connectivity index (χ0) is 14.5.